The topological polar surface area (TPSA) is 20.2 Å². The molecule has 2 spiro atoms. The fourth-order valence-corrected chi connectivity index (χ4v) is 10.9. The van der Waals surface area contributed by atoms with Gasteiger partial charge in [-0.05, 0) is 128 Å². The molecule has 5 rings (SSSR count). The van der Waals surface area contributed by atoms with Crippen LogP contribution in [0.1, 0.15) is 112 Å². The summed E-state index contributed by atoms with van der Waals surface area (Å²) in [6.45, 7) is 19.4. The van der Waals surface area contributed by atoms with Crippen LogP contribution < -0.4 is 0 Å². The third kappa shape index (κ3) is 2.77. The zero-order valence-corrected chi connectivity index (χ0v) is 21.5. The summed E-state index contributed by atoms with van der Waals surface area (Å²) in [5.41, 5.74) is 3.76. The van der Waals surface area contributed by atoms with Gasteiger partial charge in [-0.15, -0.1) is 0 Å². The fraction of sp³-hybridized carbons (Fsp3) is 0.933. The van der Waals surface area contributed by atoms with Gasteiger partial charge in [0.1, 0.15) is 0 Å². The van der Waals surface area contributed by atoms with Gasteiger partial charge in [-0.2, -0.15) is 0 Å². The number of rotatable bonds is 5. The van der Waals surface area contributed by atoms with Gasteiger partial charge in [0.15, 0.2) is 0 Å². The number of allylic oxidation sites excluding steroid dienone is 1. The van der Waals surface area contributed by atoms with Gasteiger partial charge >= 0.3 is 0 Å². The second kappa shape index (κ2) is 7.10. The monoisotopic (exact) mass is 426 g/mol. The molecule has 1 N–H and O–H groups in total. The molecule has 0 aliphatic heterocycles. The van der Waals surface area contributed by atoms with Crippen LogP contribution in [0, 0.1) is 57.2 Å². The zero-order chi connectivity index (χ0) is 22.4. The molecule has 0 aromatic heterocycles. The third-order valence-corrected chi connectivity index (χ3v) is 13.1. The Morgan fingerprint density at radius 3 is 2.39 bits per heavy atom. The van der Waals surface area contributed by atoms with Gasteiger partial charge in [0.2, 0.25) is 0 Å². The predicted octanol–water partition coefficient (Wildman–Crippen LogP) is 8.02. The van der Waals surface area contributed by atoms with Crippen molar-refractivity contribution in [3.05, 3.63) is 12.2 Å². The standard InChI is InChI=1S/C30H50O/c1-19(2)20(3)8-9-21(4)23-12-14-28(7)26-11-10-24-22(5)25(31)13-15-29(24)18-30(26,29)17-16-27(23,28)6/h19,21-26,31H,3,8-18H2,1-2,4-7H3. The predicted molar refractivity (Wildman–Crippen MR) is 131 cm³/mol. The first-order valence-electron chi connectivity index (χ1n) is 13.9. The smallest absolute Gasteiger partial charge is 0.0568 e. The van der Waals surface area contributed by atoms with Gasteiger partial charge < -0.3 is 5.11 Å². The number of hydrogen-bond acceptors (Lipinski definition) is 1. The van der Waals surface area contributed by atoms with E-state index < -0.39 is 0 Å². The molecule has 0 aromatic carbocycles. The Balaban J connectivity index is 1.37. The van der Waals surface area contributed by atoms with Crippen molar-refractivity contribution in [2.45, 2.75) is 118 Å². The fourth-order valence-electron chi connectivity index (χ4n) is 10.9. The molecule has 1 heteroatoms. The highest BCUT2D eigenvalue weighted by Gasteiger charge is 2.81. The van der Waals surface area contributed by atoms with Crippen molar-refractivity contribution in [1.29, 1.82) is 0 Å². The summed E-state index contributed by atoms with van der Waals surface area (Å²) in [6.07, 6.45) is 15.1. The zero-order valence-electron chi connectivity index (χ0n) is 21.5. The molecule has 0 saturated heterocycles. The average Bonchev–Trinajstić information content (AvgIpc) is 3.31. The minimum absolute atomic E-state index is 0.0356. The third-order valence-electron chi connectivity index (χ3n) is 13.1. The molecule has 31 heavy (non-hydrogen) atoms. The second-order valence-corrected chi connectivity index (χ2v) is 14.0. The molecule has 0 heterocycles. The molecule has 10 atom stereocenters. The molecule has 5 aliphatic carbocycles. The second-order valence-electron chi connectivity index (χ2n) is 14.0. The van der Waals surface area contributed by atoms with Crippen molar-refractivity contribution < 1.29 is 5.11 Å². The lowest BCUT2D eigenvalue weighted by Crippen LogP contribution is -2.55. The summed E-state index contributed by atoms with van der Waals surface area (Å²) >= 11 is 0. The highest BCUT2D eigenvalue weighted by molar-refractivity contribution is 5.29. The molecule has 5 aliphatic rings. The molecule has 176 valence electrons. The first-order chi connectivity index (χ1) is 14.5. The van der Waals surface area contributed by atoms with Gasteiger partial charge in [0.25, 0.3) is 0 Å². The van der Waals surface area contributed by atoms with Crippen LogP contribution in [0.25, 0.3) is 0 Å². The largest absolute Gasteiger partial charge is 0.393 e. The maximum absolute atomic E-state index is 10.6. The molecule has 0 radical (unpaired) electrons. The molecule has 1 nitrogen and oxygen atoms in total. The van der Waals surface area contributed by atoms with E-state index in [1.165, 1.54) is 69.8 Å². The lowest BCUT2D eigenvalue weighted by Gasteiger charge is -2.62. The first-order valence-corrected chi connectivity index (χ1v) is 13.9. The lowest BCUT2D eigenvalue weighted by atomic mass is 9.43. The van der Waals surface area contributed by atoms with Crippen molar-refractivity contribution in [3.8, 4) is 0 Å². The maximum Gasteiger partial charge on any atom is 0.0568 e. The van der Waals surface area contributed by atoms with E-state index in [0.29, 0.717) is 33.5 Å². The van der Waals surface area contributed by atoms with Crippen molar-refractivity contribution in [2.75, 3.05) is 0 Å². The lowest BCUT2D eigenvalue weighted by molar-refractivity contribution is -0.142. The van der Waals surface area contributed by atoms with Gasteiger partial charge in [-0.3, -0.25) is 0 Å². The van der Waals surface area contributed by atoms with Gasteiger partial charge in [-0.1, -0.05) is 53.7 Å². The summed E-state index contributed by atoms with van der Waals surface area (Å²) in [4.78, 5) is 0. The quantitative estimate of drug-likeness (QED) is 0.441. The van der Waals surface area contributed by atoms with Crippen molar-refractivity contribution in [2.24, 2.45) is 57.2 Å². The number of aliphatic hydroxyl groups excluding tert-OH is 1. The van der Waals surface area contributed by atoms with Crippen LogP contribution in [0.5, 0.6) is 0 Å². The highest BCUT2D eigenvalue weighted by Crippen LogP contribution is 2.88. The molecule has 5 saturated carbocycles. The van der Waals surface area contributed by atoms with Crippen LogP contribution in [0.3, 0.4) is 0 Å². The molecular formula is C30H50O. The molecule has 10 unspecified atom stereocenters. The van der Waals surface area contributed by atoms with Gasteiger partial charge in [-0.25, -0.2) is 0 Å². The Bertz CT molecular complexity index is 739. The molecule has 0 bridgehead atoms. The van der Waals surface area contributed by atoms with Crippen LogP contribution in [-0.4, -0.2) is 11.2 Å². The van der Waals surface area contributed by atoms with E-state index >= 15 is 0 Å². The van der Waals surface area contributed by atoms with Gasteiger partial charge in [0, 0.05) is 0 Å². The Morgan fingerprint density at radius 1 is 0.935 bits per heavy atom. The van der Waals surface area contributed by atoms with Crippen LogP contribution in [0.4, 0.5) is 0 Å². The summed E-state index contributed by atoms with van der Waals surface area (Å²) in [5, 5.41) is 10.6. The number of aliphatic hydroxyl groups is 1. The van der Waals surface area contributed by atoms with Crippen LogP contribution in [-0.2, 0) is 0 Å². The SMILES string of the molecule is C=C(CCC(C)C1CCC2(C)C3CCC4C(C)C(O)CCC45CC35CCC12C)C(C)C. The van der Waals surface area contributed by atoms with Crippen LogP contribution in [0.15, 0.2) is 12.2 Å². The van der Waals surface area contributed by atoms with Crippen molar-refractivity contribution in [1.82, 2.24) is 0 Å². The summed E-state index contributed by atoms with van der Waals surface area (Å²) in [6, 6.07) is 0. The van der Waals surface area contributed by atoms with E-state index in [9.17, 15) is 5.11 Å². The maximum atomic E-state index is 10.6. The summed E-state index contributed by atoms with van der Waals surface area (Å²) in [5.74, 6) is 4.63. The number of hydrogen-bond donors (Lipinski definition) is 1. The molecule has 5 fully saturated rings. The number of fused-ring (bicyclic) bond motifs is 2. The van der Waals surface area contributed by atoms with Crippen molar-refractivity contribution in [3.63, 3.8) is 0 Å². The Kier molecular flexibility index (Phi) is 5.15. The molecular weight excluding hydrogens is 376 g/mol. The van der Waals surface area contributed by atoms with Gasteiger partial charge in [0.05, 0.1) is 6.10 Å². The summed E-state index contributed by atoms with van der Waals surface area (Å²) < 4.78 is 0. The van der Waals surface area contributed by atoms with Crippen LogP contribution >= 0.6 is 0 Å². The van der Waals surface area contributed by atoms with E-state index in [1.54, 1.807) is 0 Å². The molecule has 0 aromatic rings. The van der Waals surface area contributed by atoms with E-state index in [4.69, 9.17) is 0 Å². The Morgan fingerprint density at radius 2 is 1.68 bits per heavy atom. The highest BCUT2D eigenvalue weighted by atomic mass is 16.3. The Hall–Kier alpha value is -0.300. The van der Waals surface area contributed by atoms with Crippen molar-refractivity contribution >= 4 is 0 Å². The summed E-state index contributed by atoms with van der Waals surface area (Å²) in [7, 11) is 0. The van der Waals surface area contributed by atoms with E-state index in [2.05, 4.69) is 48.1 Å². The van der Waals surface area contributed by atoms with Crippen LogP contribution in [0.2, 0.25) is 0 Å². The van der Waals surface area contributed by atoms with E-state index in [-0.39, 0.29) is 6.10 Å². The Labute approximate surface area is 192 Å². The molecule has 0 amide bonds. The first kappa shape index (κ1) is 22.5. The normalized spacial score (nSPS) is 53.9. The van der Waals surface area contributed by atoms with E-state index in [1.807, 2.05) is 0 Å². The average molecular weight is 427 g/mol. The van der Waals surface area contributed by atoms with E-state index in [0.717, 1.165) is 30.1 Å². The minimum atomic E-state index is -0.0356. The minimum Gasteiger partial charge on any atom is -0.393 e.